The van der Waals surface area contributed by atoms with Crippen molar-refractivity contribution < 1.29 is 9.53 Å². The van der Waals surface area contributed by atoms with E-state index in [0.29, 0.717) is 12.5 Å². The number of amides is 1. The van der Waals surface area contributed by atoms with Gasteiger partial charge in [0.05, 0.1) is 19.7 Å². The second-order valence-electron chi connectivity index (χ2n) is 5.00. The van der Waals surface area contributed by atoms with Gasteiger partial charge >= 0.3 is 6.09 Å². The zero-order chi connectivity index (χ0) is 14.7. The van der Waals surface area contributed by atoms with Crippen LogP contribution < -0.4 is 5.32 Å². The van der Waals surface area contributed by atoms with E-state index in [4.69, 9.17) is 0 Å². The molecule has 5 heteroatoms. The summed E-state index contributed by atoms with van der Waals surface area (Å²) in [7, 11) is 1.35. The predicted octanol–water partition coefficient (Wildman–Crippen LogP) is 2.39. The van der Waals surface area contributed by atoms with Gasteiger partial charge in [-0.25, -0.2) is 4.79 Å². The first kappa shape index (κ1) is 14.4. The molecule has 1 aromatic rings. The molecule has 0 spiro atoms. The molecule has 0 aliphatic carbocycles. The van der Waals surface area contributed by atoms with E-state index in [2.05, 4.69) is 58.9 Å². The molecule has 0 aromatic heterocycles. The number of nitrogens with zero attached hydrogens (tertiary/aromatic N) is 2. The second kappa shape index (κ2) is 5.94. The molecule has 1 aromatic carbocycles. The smallest absolute Gasteiger partial charge is 0.413 e. The van der Waals surface area contributed by atoms with Crippen molar-refractivity contribution in [1.29, 1.82) is 0 Å². The number of nitrogens with one attached hydrogen (secondary N) is 1. The molecule has 5 nitrogen and oxygen atoms in total. The molecule has 1 aliphatic rings. The van der Waals surface area contributed by atoms with Crippen molar-refractivity contribution >= 4 is 12.1 Å². The van der Waals surface area contributed by atoms with Crippen LogP contribution in [0.15, 0.2) is 23.2 Å². The van der Waals surface area contributed by atoms with E-state index >= 15 is 0 Å². The van der Waals surface area contributed by atoms with E-state index in [-0.39, 0.29) is 6.04 Å². The Labute approximate surface area is 119 Å². The van der Waals surface area contributed by atoms with E-state index in [1.54, 1.807) is 0 Å². The summed E-state index contributed by atoms with van der Waals surface area (Å²) in [5.41, 5.74) is 3.71. The summed E-state index contributed by atoms with van der Waals surface area (Å²) in [5, 5.41) is 2.67. The maximum atomic E-state index is 11.3. The first-order valence-electron chi connectivity index (χ1n) is 6.79. The fourth-order valence-corrected chi connectivity index (χ4v) is 2.62. The lowest BCUT2D eigenvalue weighted by atomic mass is 10.0. The van der Waals surface area contributed by atoms with Crippen molar-refractivity contribution in [1.82, 2.24) is 10.2 Å². The van der Waals surface area contributed by atoms with E-state index in [0.717, 1.165) is 6.54 Å². The van der Waals surface area contributed by atoms with Crippen LogP contribution in [0.5, 0.6) is 0 Å². The van der Waals surface area contributed by atoms with Gasteiger partial charge in [-0.15, -0.1) is 0 Å². The third kappa shape index (κ3) is 2.92. The Morgan fingerprint density at radius 2 is 2.05 bits per heavy atom. The summed E-state index contributed by atoms with van der Waals surface area (Å²) in [5.74, 6) is 0.587. The Morgan fingerprint density at radius 3 is 2.60 bits per heavy atom. The number of likely N-dealkylation sites (N-methyl/N-ethyl adjacent to an activating group) is 1. The van der Waals surface area contributed by atoms with Crippen molar-refractivity contribution in [2.75, 3.05) is 20.2 Å². The average molecular weight is 275 g/mol. The number of hydrogen-bond donors (Lipinski definition) is 1. The monoisotopic (exact) mass is 275 g/mol. The zero-order valence-electron chi connectivity index (χ0n) is 12.4. The topological polar surface area (TPSA) is 53.9 Å². The number of rotatable bonds is 2. The van der Waals surface area contributed by atoms with Crippen LogP contribution in [0.4, 0.5) is 4.79 Å². The minimum atomic E-state index is -0.483. The summed E-state index contributed by atoms with van der Waals surface area (Å²) < 4.78 is 4.63. The van der Waals surface area contributed by atoms with Gasteiger partial charge in [-0.3, -0.25) is 10.3 Å². The second-order valence-corrected chi connectivity index (χ2v) is 5.00. The normalized spacial score (nSPS) is 17.9. The number of ether oxygens (including phenoxy) is 1. The Morgan fingerprint density at radius 1 is 1.40 bits per heavy atom. The molecule has 0 fully saturated rings. The molecule has 1 heterocycles. The van der Waals surface area contributed by atoms with Crippen LogP contribution >= 0.6 is 0 Å². The summed E-state index contributed by atoms with van der Waals surface area (Å²) in [6.07, 6.45) is -0.483. The molecule has 1 aliphatic heterocycles. The zero-order valence-corrected chi connectivity index (χ0v) is 12.4. The van der Waals surface area contributed by atoms with Gasteiger partial charge in [0, 0.05) is 6.54 Å². The fraction of sp³-hybridized carbons (Fsp3) is 0.467. The number of benzene rings is 1. The van der Waals surface area contributed by atoms with Gasteiger partial charge in [0.25, 0.3) is 0 Å². The fourth-order valence-electron chi connectivity index (χ4n) is 2.62. The highest BCUT2D eigenvalue weighted by molar-refractivity contribution is 5.95. The van der Waals surface area contributed by atoms with Gasteiger partial charge in [0.2, 0.25) is 5.96 Å². The maximum Gasteiger partial charge on any atom is 0.413 e. The molecule has 0 saturated carbocycles. The average Bonchev–Trinajstić information content (AvgIpc) is 2.80. The molecule has 2 rings (SSSR count). The molecule has 0 saturated heterocycles. The quantitative estimate of drug-likeness (QED) is 0.901. The molecule has 108 valence electrons. The lowest BCUT2D eigenvalue weighted by molar-refractivity contribution is 0.175. The van der Waals surface area contributed by atoms with Gasteiger partial charge in [0.15, 0.2) is 0 Å². The van der Waals surface area contributed by atoms with Gasteiger partial charge < -0.3 is 9.64 Å². The predicted molar refractivity (Wildman–Crippen MR) is 78.9 cm³/mol. The lowest BCUT2D eigenvalue weighted by Gasteiger charge is -2.27. The number of methoxy groups -OCH3 is 1. The molecule has 1 amide bonds. The molecule has 1 N–H and O–H groups in total. The summed E-state index contributed by atoms with van der Waals surface area (Å²) in [6, 6.07) is 6.68. The third-order valence-corrected chi connectivity index (χ3v) is 3.43. The molecule has 0 bridgehead atoms. The minimum absolute atomic E-state index is 0.172. The number of hydrogen-bond acceptors (Lipinski definition) is 4. The molecular weight excluding hydrogens is 254 g/mol. The SMILES string of the molecule is CCN1C(NC(=O)OC)=NCC1c1cc(C)cc(C)c1. The maximum absolute atomic E-state index is 11.3. The number of carbonyl (C=O) groups excluding carboxylic acids is 1. The highest BCUT2D eigenvalue weighted by atomic mass is 16.5. The first-order chi connectivity index (χ1) is 9.55. The number of aryl methyl sites for hydroxylation is 2. The first-order valence-corrected chi connectivity index (χ1v) is 6.79. The van der Waals surface area contributed by atoms with Crippen LogP contribution in [0.25, 0.3) is 0 Å². The molecule has 1 atom stereocenters. The van der Waals surface area contributed by atoms with Crippen LogP contribution in [0.3, 0.4) is 0 Å². The molecule has 20 heavy (non-hydrogen) atoms. The summed E-state index contributed by atoms with van der Waals surface area (Å²) in [4.78, 5) is 17.9. The Kier molecular flexibility index (Phi) is 4.27. The standard InChI is InChI=1S/C15H21N3O2/c1-5-18-13(9-16-14(18)17-15(19)20-4)12-7-10(2)6-11(3)8-12/h6-8,13H,5,9H2,1-4H3,(H,16,17,19). The van der Waals surface area contributed by atoms with Crippen molar-refractivity contribution in [3.05, 3.63) is 34.9 Å². The highest BCUT2D eigenvalue weighted by Crippen LogP contribution is 2.27. The van der Waals surface area contributed by atoms with E-state index in [9.17, 15) is 4.79 Å². The van der Waals surface area contributed by atoms with Crippen molar-refractivity contribution in [3.63, 3.8) is 0 Å². The van der Waals surface area contributed by atoms with Gasteiger partial charge in [-0.2, -0.15) is 0 Å². The number of aliphatic imine (C=N–C) groups is 1. The van der Waals surface area contributed by atoms with Gasteiger partial charge in [0.1, 0.15) is 0 Å². The van der Waals surface area contributed by atoms with Crippen molar-refractivity contribution in [2.24, 2.45) is 4.99 Å². The lowest BCUT2D eigenvalue weighted by Crippen LogP contribution is -2.42. The molecular formula is C15H21N3O2. The summed E-state index contributed by atoms with van der Waals surface area (Å²) in [6.45, 7) is 7.67. The highest BCUT2D eigenvalue weighted by Gasteiger charge is 2.29. The van der Waals surface area contributed by atoms with E-state index in [1.807, 2.05) is 0 Å². The minimum Gasteiger partial charge on any atom is -0.453 e. The van der Waals surface area contributed by atoms with Crippen LogP contribution in [0.1, 0.15) is 29.7 Å². The largest absolute Gasteiger partial charge is 0.453 e. The van der Waals surface area contributed by atoms with Gasteiger partial charge in [-0.1, -0.05) is 29.3 Å². The third-order valence-electron chi connectivity index (χ3n) is 3.43. The Hall–Kier alpha value is -2.04. The summed E-state index contributed by atoms with van der Waals surface area (Å²) >= 11 is 0. The van der Waals surface area contributed by atoms with Crippen LogP contribution in [0, 0.1) is 13.8 Å². The van der Waals surface area contributed by atoms with E-state index in [1.165, 1.54) is 23.8 Å². The van der Waals surface area contributed by atoms with Gasteiger partial charge in [-0.05, 0) is 26.3 Å². The van der Waals surface area contributed by atoms with E-state index < -0.39 is 6.09 Å². The van der Waals surface area contributed by atoms with Crippen molar-refractivity contribution in [3.8, 4) is 0 Å². The molecule has 0 radical (unpaired) electrons. The van der Waals surface area contributed by atoms with Crippen LogP contribution in [-0.4, -0.2) is 37.2 Å². The Balaban J connectivity index is 2.20. The number of alkyl carbamates (subject to hydrolysis) is 1. The van der Waals surface area contributed by atoms with Crippen LogP contribution in [-0.2, 0) is 4.74 Å². The molecule has 1 unspecified atom stereocenters. The number of guanidine groups is 1. The number of carbonyl (C=O) groups is 1. The Bertz CT molecular complexity index is 520. The van der Waals surface area contributed by atoms with Crippen LogP contribution in [0.2, 0.25) is 0 Å². The van der Waals surface area contributed by atoms with Crippen molar-refractivity contribution in [2.45, 2.75) is 26.8 Å².